The van der Waals surface area contributed by atoms with Crippen LogP contribution in [0.25, 0.3) is 0 Å². The highest BCUT2D eigenvalue weighted by Gasteiger charge is 2.00. The van der Waals surface area contributed by atoms with Gasteiger partial charge >= 0.3 is 0 Å². The zero-order chi connectivity index (χ0) is 16.6. The number of unbranched alkanes of at least 4 members (excludes halogenated alkanes) is 1. The highest BCUT2D eigenvalue weighted by Crippen LogP contribution is 2.16. The van der Waals surface area contributed by atoms with Crippen LogP contribution in [0, 0.1) is 0 Å². The highest BCUT2D eigenvalue weighted by molar-refractivity contribution is 5.85. The zero-order valence-electron chi connectivity index (χ0n) is 15.0. The predicted octanol–water partition coefficient (Wildman–Crippen LogP) is 1.90. The molecule has 0 bridgehead atoms. The van der Waals surface area contributed by atoms with E-state index in [-0.39, 0.29) is 12.4 Å². The van der Waals surface area contributed by atoms with E-state index < -0.39 is 0 Å². The van der Waals surface area contributed by atoms with E-state index in [4.69, 9.17) is 10.5 Å². The number of rotatable bonds is 15. The van der Waals surface area contributed by atoms with Gasteiger partial charge in [-0.1, -0.05) is 18.2 Å². The lowest BCUT2D eigenvalue weighted by Crippen LogP contribution is -2.24. The summed E-state index contributed by atoms with van der Waals surface area (Å²) < 4.78 is 5.35. The zero-order valence-corrected chi connectivity index (χ0v) is 15.8. The number of halogens is 1. The molecule has 24 heavy (non-hydrogen) atoms. The minimum atomic E-state index is 0. The van der Waals surface area contributed by atoms with E-state index in [1.807, 2.05) is 18.2 Å². The Kier molecular flexibility index (Phi) is 16.4. The Morgan fingerprint density at radius 2 is 1.42 bits per heavy atom. The first kappa shape index (κ1) is 23.1. The molecule has 0 radical (unpaired) electrons. The molecule has 0 heterocycles. The summed E-state index contributed by atoms with van der Waals surface area (Å²) in [6.07, 6.45) is 4.66. The smallest absolute Gasteiger partial charge is 0.123 e. The van der Waals surface area contributed by atoms with Crippen LogP contribution in [0.15, 0.2) is 24.3 Å². The van der Waals surface area contributed by atoms with Crippen molar-refractivity contribution in [3.8, 4) is 5.75 Å². The fraction of sp³-hybridized carbons (Fsp3) is 0.667. The second kappa shape index (κ2) is 17.0. The summed E-state index contributed by atoms with van der Waals surface area (Å²) in [5.74, 6) is 0.957. The second-order valence-electron chi connectivity index (χ2n) is 5.69. The average Bonchev–Trinajstić information content (AvgIpc) is 2.59. The number of nitrogens with one attached hydrogen (secondary N) is 3. The normalized spacial score (nSPS) is 10.4. The summed E-state index contributed by atoms with van der Waals surface area (Å²) in [6.45, 7) is 6.97. The molecule has 5 N–H and O–H groups in total. The molecular formula is C18H35ClN4O. The Morgan fingerprint density at radius 1 is 0.833 bits per heavy atom. The van der Waals surface area contributed by atoms with E-state index in [1.165, 1.54) is 18.4 Å². The summed E-state index contributed by atoms with van der Waals surface area (Å²) in [5, 5.41) is 10.4. The van der Waals surface area contributed by atoms with Crippen molar-refractivity contribution in [2.45, 2.75) is 32.2 Å². The molecule has 0 amide bonds. The van der Waals surface area contributed by atoms with E-state index in [0.717, 1.165) is 64.4 Å². The van der Waals surface area contributed by atoms with Crippen molar-refractivity contribution in [1.29, 1.82) is 0 Å². The predicted molar refractivity (Wildman–Crippen MR) is 105 cm³/mol. The van der Waals surface area contributed by atoms with Gasteiger partial charge in [0.2, 0.25) is 0 Å². The number of ether oxygens (including phenoxy) is 1. The molecule has 0 unspecified atom stereocenters. The molecule has 5 nitrogen and oxygen atoms in total. The fourth-order valence-electron chi connectivity index (χ4n) is 2.39. The Labute approximate surface area is 153 Å². The van der Waals surface area contributed by atoms with E-state index in [0.29, 0.717) is 0 Å². The number of methoxy groups -OCH3 is 1. The number of para-hydroxylation sites is 1. The van der Waals surface area contributed by atoms with Gasteiger partial charge in [0.05, 0.1) is 7.11 Å². The maximum Gasteiger partial charge on any atom is 0.123 e. The van der Waals surface area contributed by atoms with Gasteiger partial charge in [-0.15, -0.1) is 12.4 Å². The molecule has 0 saturated heterocycles. The molecule has 1 aromatic carbocycles. The first-order valence-corrected chi connectivity index (χ1v) is 8.82. The van der Waals surface area contributed by atoms with E-state index >= 15 is 0 Å². The molecule has 6 heteroatoms. The molecule has 0 saturated carbocycles. The van der Waals surface area contributed by atoms with Gasteiger partial charge in [-0.3, -0.25) is 0 Å². The van der Waals surface area contributed by atoms with E-state index in [9.17, 15) is 0 Å². The Bertz CT molecular complexity index is 393. The molecule has 0 atom stereocenters. The van der Waals surface area contributed by atoms with Crippen molar-refractivity contribution >= 4 is 12.4 Å². The lowest BCUT2D eigenvalue weighted by atomic mass is 10.2. The molecule has 0 fully saturated rings. The van der Waals surface area contributed by atoms with Gasteiger partial charge < -0.3 is 26.4 Å². The average molecular weight is 359 g/mol. The third-order valence-corrected chi connectivity index (χ3v) is 3.73. The van der Waals surface area contributed by atoms with Gasteiger partial charge in [-0.25, -0.2) is 0 Å². The first-order chi connectivity index (χ1) is 11.4. The summed E-state index contributed by atoms with van der Waals surface area (Å²) in [5.41, 5.74) is 6.66. The van der Waals surface area contributed by atoms with Crippen molar-refractivity contribution in [3.63, 3.8) is 0 Å². The number of hydrogen-bond acceptors (Lipinski definition) is 5. The maximum absolute atomic E-state index is 5.45. The molecule has 1 rings (SSSR count). The van der Waals surface area contributed by atoms with Crippen LogP contribution in [0.1, 0.15) is 31.2 Å². The van der Waals surface area contributed by atoms with Crippen LogP contribution < -0.4 is 26.4 Å². The van der Waals surface area contributed by atoms with Crippen LogP contribution in [-0.2, 0) is 6.54 Å². The topological polar surface area (TPSA) is 71.3 Å². The van der Waals surface area contributed by atoms with Crippen LogP contribution >= 0.6 is 12.4 Å². The lowest BCUT2D eigenvalue weighted by Gasteiger charge is -2.10. The SMILES string of the molecule is COc1ccccc1CNCCCNCCCCNCCCN.Cl. The van der Waals surface area contributed by atoms with Crippen LogP contribution in [0.3, 0.4) is 0 Å². The van der Waals surface area contributed by atoms with E-state index in [1.54, 1.807) is 7.11 Å². The summed E-state index contributed by atoms with van der Waals surface area (Å²) in [6, 6.07) is 8.15. The van der Waals surface area contributed by atoms with Gasteiger partial charge in [0.25, 0.3) is 0 Å². The van der Waals surface area contributed by atoms with Crippen molar-refractivity contribution in [2.24, 2.45) is 5.73 Å². The first-order valence-electron chi connectivity index (χ1n) is 8.82. The third kappa shape index (κ3) is 11.6. The molecular weight excluding hydrogens is 324 g/mol. The number of nitrogens with two attached hydrogens (primary N) is 1. The largest absolute Gasteiger partial charge is 0.496 e. The van der Waals surface area contributed by atoms with Gasteiger partial charge in [0.1, 0.15) is 5.75 Å². The minimum Gasteiger partial charge on any atom is -0.496 e. The molecule has 0 aromatic heterocycles. The standard InChI is InChI=1S/C18H34N4O.ClH/c1-23-18-9-3-2-8-17(18)16-22-15-7-14-21-12-5-4-11-20-13-6-10-19;/h2-3,8-9,20-22H,4-7,10-16,19H2,1H3;1H. The van der Waals surface area contributed by atoms with E-state index in [2.05, 4.69) is 22.0 Å². The second-order valence-corrected chi connectivity index (χ2v) is 5.69. The van der Waals surface area contributed by atoms with Crippen molar-refractivity contribution < 1.29 is 4.74 Å². The van der Waals surface area contributed by atoms with Gasteiger partial charge in [0, 0.05) is 12.1 Å². The molecule has 140 valence electrons. The molecule has 0 aliphatic heterocycles. The molecule has 0 spiro atoms. The van der Waals surface area contributed by atoms with Crippen LogP contribution in [-0.4, -0.2) is 46.4 Å². The van der Waals surface area contributed by atoms with Crippen LogP contribution in [0.4, 0.5) is 0 Å². The Balaban J connectivity index is 0.00000529. The Morgan fingerprint density at radius 3 is 2.08 bits per heavy atom. The van der Waals surface area contributed by atoms with Gasteiger partial charge in [-0.05, 0) is 71.0 Å². The van der Waals surface area contributed by atoms with Crippen LogP contribution in [0.5, 0.6) is 5.75 Å². The molecule has 0 aliphatic rings. The fourth-order valence-corrected chi connectivity index (χ4v) is 2.39. The minimum absolute atomic E-state index is 0. The highest BCUT2D eigenvalue weighted by atomic mass is 35.5. The quantitative estimate of drug-likeness (QED) is 0.360. The third-order valence-electron chi connectivity index (χ3n) is 3.73. The van der Waals surface area contributed by atoms with Gasteiger partial charge in [0.15, 0.2) is 0 Å². The molecule has 0 aliphatic carbocycles. The van der Waals surface area contributed by atoms with Crippen molar-refractivity contribution in [2.75, 3.05) is 46.4 Å². The maximum atomic E-state index is 5.45. The monoisotopic (exact) mass is 358 g/mol. The van der Waals surface area contributed by atoms with Crippen molar-refractivity contribution in [3.05, 3.63) is 29.8 Å². The Hall–Kier alpha value is -0.850. The summed E-state index contributed by atoms with van der Waals surface area (Å²) >= 11 is 0. The molecule has 1 aromatic rings. The number of hydrogen-bond donors (Lipinski definition) is 4. The number of benzene rings is 1. The van der Waals surface area contributed by atoms with Gasteiger partial charge in [-0.2, -0.15) is 0 Å². The lowest BCUT2D eigenvalue weighted by molar-refractivity contribution is 0.407. The van der Waals surface area contributed by atoms with Crippen LogP contribution in [0.2, 0.25) is 0 Å². The summed E-state index contributed by atoms with van der Waals surface area (Å²) in [4.78, 5) is 0. The summed E-state index contributed by atoms with van der Waals surface area (Å²) in [7, 11) is 1.72. The van der Waals surface area contributed by atoms with Crippen molar-refractivity contribution in [1.82, 2.24) is 16.0 Å².